The summed E-state index contributed by atoms with van der Waals surface area (Å²) in [7, 11) is 0. The maximum absolute atomic E-state index is 12.9. The van der Waals surface area contributed by atoms with Crippen molar-refractivity contribution in [3.05, 3.63) is 87.2 Å². The van der Waals surface area contributed by atoms with Gasteiger partial charge in [0.15, 0.2) is 0 Å². The van der Waals surface area contributed by atoms with Gasteiger partial charge in [-0.05, 0) is 66.7 Å². The molecule has 5 rings (SSSR count). The Labute approximate surface area is 176 Å². The highest BCUT2D eigenvalue weighted by Gasteiger charge is 2.15. The molecule has 7 heteroatoms. The molecule has 5 nitrogen and oxygen atoms in total. The first-order chi connectivity index (χ1) is 14.7. The van der Waals surface area contributed by atoms with E-state index in [9.17, 15) is 9.18 Å². The summed E-state index contributed by atoms with van der Waals surface area (Å²) in [5, 5.41) is 4.71. The number of hydrogen-bond donors (Lipinski definition) is 1. The van der Waals surface area contributed by atoms with Crippen LogP contribution in [0.4, 0.5) is 4.39 Å². The first-order valence-electron chi connectivity index (χ1n) is 9.89. The molecule has 1 aromatic carbocycles. The second kappa shape index (κ2) is 8.01. The minimum Gasteiger partial charge on any atom is -0.487 e. The van der Waals surface area contributed by atoms with E-state index >= 15 is 0 Å². The van der Waals surface area contributed by atoms with E-state index in [0.717, 1.165) is 37.8 Å². The monoisotopic (exact) mass is 421 g/mol. The summed E-state index contributed by atoms with van der Waals surface area (Å²) in [6.07, 6.45) is 5.06. The molecule has 0 bridgehead atoms. The molecule has 0 atom stereocenters. The Morgan fingerprint density at radius 1 is 1.20 bits per heavy atom. The van der Waals surface area contributed by atoms with Crippen molar-refractivity contribution < 1.29 is 9.13 Å². The van der Waals surface area contributed by atoms with E-state index in [2.05, 4.69) is 22.4 Å². The summed E-state index contributed by atoms with van der Waals surface area (Å²) >= 11 is 1.83. The van der Waals surface area contributed by atoms with Crippen molar-refractivity contribution in [2.45, 2.75) is 26.0 Å². The summed E-state index contributed by atoms with van der Waals surface area (Å²) in [6, 6.07) is 12.3. The van der Waals surface area contributed by atoms with Crippen LogP contribution < -0.4 is 15.6 Å². The Hall–Kier alpha value is -3.03. The molecule has 3 aromatic heterocycles. The van der Waals surface area contributed by atoms with Crippen molar-refractivity contribution in [2.24, 2.45) is 0 Å². The maximum Gasteiger partial charge on any atom is 0.258 e. The van der Waals surface area contributed by atoms with Crippen LogP contribution in [0.15, 0.2) is 59.7 Å². The largest absolute Gasteiger partial charge is 0.487 e. The summed E-state index contributed by atoms with van der Waals surface area (Å²) < 4.78 is 21.5. The Bertz CT molecular complexity index is 1260. The van der Waals surface area contributed by atoms with Crippen molar-refractivity contribution in [1.82, 2.24) is 14.9 Å². The quantitative estimate of drug-likeness (QED) is 0.537. The molecule has 0 saturated carbocycles. The molecule has 1 aliphatic heterocycles. The number of nitrogens with one attached hydrogen (secondary N) is 1. The third-order valence-corrected chi connectivity index (χ3v) is 6.48. The predicted molar refractivity (Wildman–Crippen MR) is 116 cm³/mol. The van der Waals surface area contributed by atoms with E-state index < -0.39 is 5.82 Å². The van der Waals surface area contributed by atoms with Crippen LogP contribution in [0.2, 0.25) is 0 Å². The van der Waals surface area contributed by atoms with Gasteiger partial charge in [0.2, 0.25) is 0 Å². The smallest absolute Gasteiger partial charge is 0.258 e. The SMILES string of the molecule is O=c1cc(OCc2ccc(F)cn2)ccn1-c1ccc2sc3c(c2c1)CCCNC3. The molecule has 1 aliphatic rings. The van der Waals surface area contributed by atoms with Crippen LogP contribution in [0.1, 0.15) is 22.6 Å². The number of fused-ring (bicyclic) bond motifs is 3. The molecule has 152 valence electrons. The van der Waals surface area contributed by atoms with Crippen molar-refractivity contribution in [2.75, 3.05) is 6.54 Å². The van der Waals surface area contributed by atoms with Crippen LogP contribution in [-0.4, -0.2) is 16.1 Å². The van der Waals surface area contributed by atoms with Gasteiger partial charge in [0.25, 0.3) is 5.56 Å². The van der Waals surface area contributed by atoms with E-state index in [0.29, 0.717) is 11.4 Å². The van der Waals surface area contributed by atoms with Crippen LogP contribution in [0.3, 0.4) is 0 Å². The molecular weight excluding hydrogens is 401 g/mol. The number of halogens is 1. The number of aryl methyl sites for hydroxylation is 1. The highest BCUT2D eigenvalue weighted by Crippen LogP contribution is 2.34. The Morgan fingerprint density at radius 3 is 2.97 bits per heavy atom. The molecule has 0 fully saturated rings. The topological polar surface area (TPSA) is 56.1 Å². The maximum atomic E-state index is 12.9. The summed E-state index contributed by atoms with van der Waals surface area (Å²) in [5.74, 6) is 0.0658. The zero-order valence-corrected chi connectivity index (χ0v) is 17.0. The Balaban J connectivity index is 1.41. The zero-order chi connectivity index (χ0) is 20.5. The van der Waals surface area contributed by atoms with E-state index in [4.69, 9.17) is 4.74 Å². The van der Waals surface area contributed by atoms with Crippen molar-refractivity contribution in [3.8, 4) is 11.4 Å². The van der Waals surface area contributed by atoms with E-state index in [1.807, 2.05) is 17.4 Å². The minimum absolute atomic E-state index is 0.165. The summed E-state index contributed by atoms with van der Waals surface area (Å²) in [5.41, 5.74) is 2.68. The highest BCUT2D eigenvalue weighted by atomic mass is 32.1. The summed E-state index contributed by atoms with van der Waals surface area (Å²) in [6.45, 7) is 2.13. The van der Waals surface area contributed by atoms with Gasteiger partial charge in [0.1, 0.15) is 18.2 Å². The molecule has 4 aromatic rings. The van der Waals surface area contributed by atoms with Gasteiger partial charge in [-0.1, -0.05) is 0 Å². The standard InChI is InChI=1S/C23H20FN3O2S/c24-15-3-4-16(26-12-15)14-29-18-7-9-27(23(28)11-18)17-5-6-21-20(10-17)19-2-1-8-25-13-22(19)30-21/h3-7,9-12,25H,1-2,8,13-14H2. The fraction of sp³-hybridized carbons (Fsp3) is 0.217. The molecule has 1 N–H and O–H groups in total. The molecule has 0 saturated heterocycles. The first-order valence-corrected chi connectivity index (χ1v) is 10.7. The molecule has 4 heterocycles. The van der Waals surface area contributed by atoms with Crippen molar-refractivity contribution in [1.29, 1.82) is 0 Å². The zero-order valence-electron chi connectivity index (χ0n) is 16.2. The van der Waals surface area contributed by atoms with Gasteiger partial charge in [-0.15, -0.1) is 11.3 Å². The highest BCUT2D eigenvalue weighted by molar-refractivity contribution is 7.19. The lowest BCUT2D eigenvalue weighted by atomic mass is 10.1. The van der Waals surface area contributed by atoms with Crippen LogP contribution in [0, 0.1) is 5.82 Å². The molecule has 0 radical (unpaired) electrons. The fourth-order valence-electron chi connectivity index (χ4n) is 3.76. The van der Waals surface area contributed by atoms with Gasteiger partial charge >= 0.3 is 0 Å². The predicted octanol–water partition coefficient (Wildman–Crippen LogP) is 4.20. The molecule has 0 spiro atoms. The van der Waals surface area contributed by atoms with Crippen molar-refractivity contribution in [3.63, 3.8) is 0 Å². The van der Waals surface area contributed by atoms with Crippen LogP contribution >= 0.6 is 11.3 Å². The average Bonchev–Trinajstić information content (AvgIpc) is 2.93. The Morgan fingerprint density at radius 2 is 2.13 bits per heavy atom. The first kappa shape index (κ1) is 19.0. The second-order valence-electron chi connectivity index (χ2n) is 7.29. The number of pyridine rings is 2. The van der Waals surface area contributed by atoms with Crippen LogP contribution in [0.5, 0.6) is 5.75 Å². The third kappa shape index (κ3) is 3.74. The molecule has 0 aliphatic carbocycles. The number of hydrogen-bond acceptors (Lipinski definition) is 5. The number of benzene rings is 1. The lowest BCUT2D eigenvalue weighted by Gasteiger charge is -2.09. The van der Waals surface area contributed by atoms with Crippen molar-refractivity contribution >= 4 is 21.4 Å². The minimum atomic E-state index is -0.392. The average molecular weight is 421 g/mol. The van der Waals surface area contributed by atoms with Crippen LogP contribution in [0.25, 0.3) is 15.8 Å². The number of thiophene rings is 1. The third-order valence-electron chi connectivity index (χ3n) is 5.27. The number of ether oxygens (including phenoxy) is 1. The van der Waals surface area contributed by atoms with Gasteiger partial charge in [-0.2, -0.15) is 0 Å². The molecule has 30 heavy (non-hydrogen) atoms. The van der Waals surface area contributed by atoms with E-state index in [1.165, 1.54) is 32.7 Å². The van der Waals surface area contributed by atoms with Gasteiger partial charge in [0, 0.05) is 34.1 Å². The molecular formula is C23H20FN3O2S. The van der Waals surface area contributed by atoms with E-state index in [1.54, 1.807) is 22.9 Å². The van der Waals surface area contributed by atoms with Gasteiger partial charge in [-0.3, -0.25) is 14.3 Å². The normalized spacial score (nSPS) is 13.8. The lowest BCUT2D eigenvalue weighted by molar-refractivity contribution is 0.300. The summed E-state index contributed by atoms with van der Waals surface area (Å²) in [4.78, 5) is 18.1. The van der Waals surface area contributed by atoms with Gasteiger partial charge < -0.3 is 10.1 Å². The fourth-order valence-corrected chi connectivity index (χ4v) is 4.96. The molecule has 0 unspecified atom stereocenters. The van der Waals surface area contributed by atoms with E-state index in [-0.39, 0.29) is 12.2 Å². The number of nitrogens with zero attached hydrogens (tertiary/aromatic N) is 2. The van der Waals surface area contributed by atoms with Gasteiger partial charge in [-0.25, -0.2) is 4.39 Å². The van der Waals surface area contributed by atoms with Crippen LogP contribution in [-0.2, 0) is 19.6 Å². The van der Waals surface area contributed by atoms with Gasteiger partial charge in [0.05, 0.1) is 11.9 Å². The molecule has 0 amide bonds. The number of rotatable bonds is 4. The second-order valence-corrected chi connectivity index (χ2v) is 8.43. The Kier molecular flexibility index (Phi) is 5.06. The number of aromatic nitrogens is 2. The lowest BCUT2D eigenvalue weighted by Crippen LogP contribution is -2.16.